The topological polar surface area (TPSA) is 75.6 Å². The number of anilines is 2. The van der Waals surface area contributed by atoms with Crippen molar-refractivity contribution in [2.45, 2.75) is 51.6 Å². The third kappa shape index (κ3) is 4.00. The predicted molar refractivity (Wildman–Crippen MR) is 109 cm³/mol. The van der Waals surface area contributed by atoms with Crippen molar-refractivity contribution in [1.82, 2.24) is 19.9 Å². The monoisotopic (exact) mass is 354 g/mol. The standard InChI is InChI=1S/C20H26N6.2H2/c1-4-16-6-5-7-17(23-16)18-24-19(21-12(2)14-8-9-14)26-20(25-18)22-13(3)15-10-11-15;;/h4-7,12-15H,1,8-11H2,2-3H3,(H2,21,22,24,25,26);2*1H/t12-,13-;;/m1../s1. The summed E-state index contributed by atoms with van der Waals surface area (Å²) in [6, 6.07) is 6.52. The van der Waals surface area contributed by atoms with Gasteiger partial charge in [-0.2, -0.15) is 15.0 Å². The van der Waals surface area contributed by atoms with Crippen molar-refractivity contribution in [2.24, 2.45) is 11.8 Å². The quantitative estimate of drug-likeness (QED) is 0.727. The van der Waals surface area contributed by atoms with Gasteiger partial charge in [0.15, 0.2) is 5.82 Å². The zero-order valence-electron chi connectivity index (χ0n) is 15.4. The molecule has 2 N–H and O–H groups in total. The van der Waals surface area contributed by atoms with Crippen LogP contribution < -0.4 is 10.6 Å². The van der Waals surface area contributed by atoms with E-state index in [0.717, 1.165) is 23.2 Å². The summed E-state index contributed by atoms with van der Waals surface area (Å²) in [6.07, 6.45) is 6.84. The lowest BCUT2D eigenvalue weighted by Gasteiger charge is -2.17. The van der Waals surface area contributed by atoms with Crippen molar-refractivity contribution in [3.63, 3.8) is 0 Å². The average Bonchev–Trinajstić information content (AvgIpc) is 3.53. The maximum Gasteiger partial charge on any atom is 0.228 e. The highest BCUT2D eigenvalue weighted by atomic mass is 15.2. The maximum absolute atomic E-state index is 4.63. The molecule has 0 amide bonds. The molecule has 4 rings (SSSR count). The molecule has 2 aromatic heterocycles. The van der Waals surface area contributed by atoms with E-state index in [4.69, 9.17) is 0 Å². The first-order valence-electron chi connectivity index (χ1n) is 9.51. The molecular formula is C20H30N6. The normalized spacial score (nSPS) is 18.8. The summed E-state index contributed by atoms with van der Waals surface area (Å²) in [4.78, 5) is 18.4. The van der Waals surface area contributed by atoms with Gasteiger partial charge in [-0.05, 0) is 69.6 Å². The van der Waals surface area contributed by atoms with Crippen molar-refractivity contribution in [1.29, 1.82) is 0 Å². The average molecular weight is 355 g/mol. The van der Waals surface area contributed by atoms with E-state index in [1.54, 1.807) is 6.08 Å². The van der Waals surface area contributed by atoms with E-state index >= 15 is 0 Å². The van der Waals surface area contributed by atoms with Gasteiger partial charge in [0.05, 0.1) is 5.69 Å². The minimum absolute atomic E-state index is 0. The first kappa shape index (κ1) is 16.9. The summed E-state index contributed by atoms with van der Waals surface area (Å²) >= 11 is 0. The summed E-state index contributed by atoms with van der Waals surface area (Å²) < 4.78 is 0. The molecule has 2 aliphatic rings. The van der Waals surface area contributed by atoms with Gasteiger partial charge in [0.25, 0.3) is 0 Å². The van der Waals surface area contributed by atoms with Gasteiger partial charge in [0, 0.05) is 14.9 Å². The number of hydrogen-bond donors (Lipinski definition) is 2. The summed E-state index contributed by atoms with van der Waals surface area (Å²) in [7, 11) is 0. The van der Waals surface area contributed by atoms with Gasteiger partial charge in [-0.1, -0.05) is 12.6 Å². The molecule has 0 aromatic carbocycles. The van der Waals surface area contributed by atoms with Crippen LogP contribution in [0.4, 0.5) is 11.9 Å². The molecule has 26 heavy (non-hydrogen) atoms. The number of pyridine rings is 1. The molecule has 2 saturated carbocycles. The van der Waals surface area contributed by atoms with Crippen molar-refractivity contribution >= 4 is 18.0 Å². The third-order valence-electron chi connectivity index (χ3n) is 5.22. The second-order valence-corrected chi connectivity index (χ2v) is 7.50. The van der Waals surface area contributed by atoms with Crippen LogP contribution in [0.1, 0.15) is 48.1 Å². The highest BCUT2D eigenvalue weighted by Gasteiger charge is 2.30. The van der Waals surface area contributed by atoms with Gasteiger partial charge >= 0.3 is 0 Å². The lowest BCUT2D eigenvalue weighted by Crippen LogP contribution is -2.23. The lowest BCUT2D eigenvalue weighted by molar-refractivity contribution is 0.676. The molecule has 140 valence electrons. The molecule has 2 fully saturated rings. The Bertz CT molecular complexity index is 769. The number of nitrogens with zero attached hydrogens (tertiary/aromatic N) is 4. The fourth-order valence-electron chi connectivity index (χ4n) is 3.14. The first-order valence-corrected chi connectivity index (χ1v) is 9.51. The summed E-state index contributed by atoms with van der Waals surface area (Å²) in [5.74, 6) is 3.26. The van der Waals surface area contributed by atoms with Gasteiger partial charge in [0.1, 0.15) is 5.69 Å². The van der Waals surface area contributed by atoms with E-state index in [9.17, 15) is 0 Å². The van der Waals surface area contributed by atoms with Gasteiger partial charge in [0.2, 0.25) is 11.9 Å². The van der Waals surface area contributed by atoms with E-state index in [-0.39, 0.29) is 2.85 Å². The molecule has 0 unspecified atom stereocenters. The SMILES string of the molecule is C=Cc1cccc(-c2nc(N[C@H](C)C3CC3)nc(N[C@H](C)C3CC3)n2)n1.[HH].[HH]. The molecule has 2 atom stereocenters. The van der Waals surface area contributed by atoms with Crippen LogP contribution in [0.5, 0.6) is 0 Å². The van der Waals surface area contributed by atoms with Gasteiger partial charge < -0.3 is 10.6 Å². The van der Waals surface area contributed by atoms with Crippen molar-refractivity contribution < 1.29 is 2.85 Å². The number of hydrogen-bond acceptors (Lipinski definition) is 6. The van der Waals surface area contributed by atoms with Crippen molar-refractivity contribution in [3.05, 3.63) is 30.5 Å². The molecule has 0 spiro atoms. The lowest BCUT2D eigenvalue weighted by atomic mass is 10.2. The van der Waals surface area contributed by atoms with E-state index in [1.165, 1.54) is 25.7 Å². The molecule has 0 radical (unpaired) electrons. The number of rotatable bonds is 8. The van der Waals surface area contributed by atoms with Crippen LogP contribution >= 0.6 is 0 Å². The Hall–Kier alpha value is -2.50. The van der Waals surface area contributed by atoms with E-state index in [1.807, 2.05) is 18.2 Å². The maximum atomic E-state index is 4.63. The van der Waals surface area contributed by atoms with Crippen LogP contribution in [0.3, 0.4) is 0 Å². The van der Waals surface area contributed by atoms with Crippen LogP contribution in [-0.4, -0.2) is 32.0 Å². The van der Waals surface area contributed by atoms with E-state index in [0.29, 0.717) is 29.8 Å². The minimum atomic E-state index is 0. The Morgan fingerprint density at radius 3 is 2.04 bits per heavy atom. The van der Waals surface area contributed by atoms with Crippen molar-refractivity contribution in [2.75, 3.05) is 10.6 Å². The van der Waals surface area contributed by atoms with Crippen LogP contribution in [0.2, 0.25) is 0 Å². The Labute approximate surface area is 157 Å². The molecule has 0 aliphatic heterocycles. The van der Waals surface area contributed by atoms with Crippen molar-refractivity contribution in [3.8, 4) is 11.5 Å². The smallest absolute Gasteiger partial charge is 0.228 e. The Kier molecular flexibility index (Phi) is 4.57. The summed E-state index contributed by atoms with van der Waals surface area (Å²) in [6.45, 7) is 8.18. The second-order valence-electron chi connectivity index (χ2n) is 7.50. The summed E-state index contributed by atoms with van der Waals surface area (Å²) in [5.41, 5.74) is 1.54. The van der Waals surface area contributed by atoms with Gasteiger partial charge in [-0.15, -0.1) is 0 Å². The zero-order chi connectivity index (χ0) is 18.1. The predicted octanol–water partition coefficient (Wildman–Crippen LogP) is 4.49. The Morgan fingerprint density at radius 1 is 0.962 bits per heavy atom. The van der Waals surface area contributed by atoms with Crippen LogP contribution in [0.25, 0.3) is 17.6 Å². The van der Waals surface area contributed by atoms with Crippen LogP contribution in [0, 0.1) is 11.8 Å². The molecule has 2 heterocycles. The minimum Gasteiger partial charge on any atom is -0.351 e. The first-order chi connectivity index (χ1) is 12.6. The van der Waals surface area contributed by atoms with Crippen LogP contribution in [-0.2, 0) is 0 Å². The molecule has 6 heteroatoms. The zero-order valence-corrected chi connectivity index (χ0v) is 15.4. The molecule has 6 nitrogen and oxygen atoms in total. The molecule has 2 aliphatic carbocycles. The molecule has 0 saturated heterocycles. The molecule has 0 bridgehead atoms. The summed E-state index contributed by atoms with van der Waals surface area (Å²) in [5, 5.41) is 6.90. The number of aromatic nitrogens is 4. The van der Waals surface area contributed by atoms with E-state index in [2.05, 4.69) is 51.0 Å². The number of nitrogens with one attached hydrogen (secondary N) is 2. The molecule has 2 aromatic rings. The molecular weight excluding hydrogens is 324 g/mol. The fourth-order valence-corrected chi connectivity index (χ4v) is 3.14. The van der Waals surface area contributed by atoms with Crippen LogP contribution in [0.15, 0.2) is 24.8 Å². The highest BCUT2D eigenvalue weighted by molar-refractivity contribution is 5.56. The Balaban J connectivity index is 0.00000140. The fraction of sp³-hybridized carbons (Fsp3) is 0.500. The van der Waals surface area contributed by atoms with Gasteiger partial charge in [-0.3, -0.25) is 0 Å². The Morgan fingerprint density at radius 2 is 1.54 bits per heavy atom. The van der Waals surface area contributed by atoms with Gasteiger partial charge in [-0.25, -0.2) is 4.98 Å². The van der Waals surface area contributed by atoms with E-state index < -0.39 is 0 Å². The largest absolute Gasteiger partial charge is 0.351 e. The second kappa shape index (κ2) is 7.02. The third-order valence-corrected chi connectivity index (χ3v) is 5.22. The highest BCUT2D eigenvalue weighted by Crippen LogP contribution is 2.35.